The van der Waals surface area contributed by atoms with Gasteiger partial charge in [-0.1, -0.05) is 76.9 Å². The number of aliphatic hydroxyl groups is 1. The molecule has 0 saturated carbocycles. The number of allylic oxidation sites excluding steroid dienone is 1. The van der Waals surface area contributed by atoms with E-state index < -0.39 is 0 Å². The molecule has 4 heteroatoms. The molecule has 0 aromatic heterocycles. The normalized spacial score (nSPS) is 12.6. The molecule has 0 amide bonds. The van der Waals surface area contributed by atoms with E-state index in [1.54, 1.807) is 11.8 Å². The number of unbranched alkanes of at least 4 members (excludes halogenated alkanes) is 10. The summed E-state index contributed by atoms with van der Waals surface area (Å²) in [6.45, 7) is 2.39. The first-order valence-electron chi connectivity index (χ1n) is 9.70. The maximum atomic E-state index is 11.0. The van der Waals surface area contributed by atoms with Crippen LogP contribution in [0.15, 0.2) is 12.2 Å². The minimum Gasteiger partial charge on any atom is -0.469 e. The van der Waals surface area contributed by atoms with Crippen LogP contribution in [0.3, 0.4) is 0 Å². The number of hydrogen-bond acceptors (Lipinski definition) is 4. The Bertz CT molecular complexity index is 305. The van der Waals surface area contributed by atoms with E-state index >= 15 is 0 Å². The van der Waals surface area contributed by atoms with E-state index in [9.17, 15) is 9.90 Å². The number of thioether (sulfide) groups is 1. The minimum atomic E-state index is -0.187. The van der Waals surface area contributed by atoms with Gasteiger partial charge in [0.25, 0.3) is 0 Å². The van der Waals surface area contributed by atoms with Crippen LogP contribution in [0.1, 0.15) is 84.0 Å². The fourth-order valence-electron chi connectivity index (χ4n) is 2.56. The van der Waals surface area contributed by atoms with Crippen molar-refractivity contribution in [3.63, 3.8) is 0 Å². The van der Waals surface area contributed by atoms with Crippen molar-refractivity contribution in [2.75, 3.05) is 19.5 Å². The molecule has 0 aliphatic heterocycles. The molecule has 1 unspecified atom stereocenters. The Morgan fingerprint density at radius 1 is 1.04 bits per heavy atom. The van der Waals surface area contributed by atoms with Crippen molar-refractivity contribution in [2.45, 2.75) is 89.2 Å². The summed E-state index contributed by atoms with van der Waals surface area (Å²) in [6, 6.07) is 0. The van der Waals surface area contributed by atoms with Gasteiger partial charge in [-0.05, 0) is 12.8 Å². The molecule has 0 fully saturated rings. The smallest absolute Gasteiger partial charge is 0.306 e. The molecule has 0 aromatic carbocycles. The molecule has 0 rings (SSSR count). The van der Waals surface area contributed by atoms with E-state index in [0.29, 0.717) is 12.2 Å². The van der Waals surface area contributed by atoms with Gasteiger partial charge in [0.1, 0.15) is 0 Å². The molecule has 0 bridgehead atoms. The molecule has 0 heterocycles. The van der Waals surface area contributed by atoms with E-state index in [1.807, 2.05) is 0 Å². The van der Waals surface area contributed by atoms with E-state index in [2.05, 4.69) is 23.8 Å². The van der Waals surface area contributed by atoms with Crippen LogP contribution in [0.2, 0.25) is 0 Å². The molecule has 0 aliphatic carbocycles. The molecule has 0 aromatic rings. The van der Waals surface area contributed by atoms with Crippen LogP contribution in [0.25, 0.3) is 0 Å². The van der Waals surface area contributed by atoms with Gasteiger partial charge < -0.3 is 9.84 Å². The van der Waals surface area contributed by atoms with Gasteiger partial charge in [0.15, 0.2) is 0 Å². The van der Waals surface area contributed by atoms with Crippen LogP contribution in [-0.4, -0.2) is 35.8 Å². The van der Waals surface area contributed by atoms with Crippen LogP contribution in [0.4, 0.5) is 0 Å². The van der Waals surface area contributed by atoms with Gasteiger partial charge in [-0.3, -0.25) is 4.79 Å². The van der Waals surface area contributed by atoms with Crippen molar-refractivity contribution in [1.82, 2.24) is 0 Å². The first-order valence-corrected chi connectivity index (χ1v) is 10.7. The monoisotopic (exact) mass is 358 g/mol. The summed E-state index contributed by atoms with van der Waals surface area (Å²) >= 11 is 1.61. The van der Waals surface area contributed by atoms with Crippen LogP contribution in [0.5, 0.6) is 0 Å². The Hall–Kier alpha value is -0.480. The van der Waals surface area contributed by atoms with E-state index in [-0.39, 0.29) is 17.8 Å². The van der Waals surface area contributed by atoms with Gasteiger partial charge in [0.2, 0.25) is 0 Å². The van der Waals surface area contributed by atoms with Crippen molar-refractivity contribution in [2.24, 2.45) is 0 Å². The second-order valence-corrected chi connectivity index (χ2v) is 7.66. The zero-order valence-corrected chi connectivity index (χ0v) is 16.6. The van der Waals surface area contributed by atoms with E-state index in [1.165, 1.54) is 71.3 Å². The molecular weight excluding hydrogens is 320 g/mol. The first-order chi connectivity index (χ1) is 11.7. The maximum Gasteiger partial charge on any atom is 0.306 e. The Kier molecular flexibility index (Phi) is 18.5. The minimum absolute atomic E-state index is 0.0952. The van der Waals surface area contributed by atoms with E-state index in [0.717, 1.165) is 6.42 Å². The average Bonchev–Trinajstić information content (AvgIpc) is 2.60. The van der Waals surface area contributed by atoms with Crippen LogP contribution < -0.4 is 0 Å². The summed E-state index contributed by atoms with van der Waals surface area (Å²) in [6.07, 6.45) is 19.3. The lowest BCUT2D eigenvalue weighted by atomic mass is 10.1. The molecule has 0 saturated heterocycles. The van der Waals surface area contributed by atoms with Gasteiger partial charge >= 0.3 is 5.97 Å². The number of carbonyl (C=O) groups excluding carboxylic acids is 1. The van der Waals surface area contributed by atoms with Gasteiger partial charge in [-0.2, -0.15) is 11.8 Å². The van der Waals surface area contributed by atoms with Crippen LogP contribution in [0, 0.1) is 0 Å². The number of aliphatic hydroxyl groups excluding tert-OH is 1. The largest absolute Gasteiger partial charge is 0.469 e. The molecular formula is C20H38O3S. The van der Waals surface area contributed by atoms with Gasteiger partial charge in [-0.15, -0.1) is 0 Å². The number of ether oxygens (including phenoxy) is 1. The zero-order valence-electron chi connectivity index (χ0n) is 15.8. The Balaban J connectivity index is 3.43. The summed E-state index contributed by atoms with van der Waals surface area (Å²) in [7, 11) is 1.41. The third-order valence-corrected chi connectivity index (χ3v) is 5.29. The number of hydrogen-bond donors (Lipinski definition) is 1. The Labute approximate surface area is 153 Å². The van der Waals surface area contributed by atoms with Gasteiger partial charge in [0.05, 0.1) is 20.1 Å². The molecule has 24 heavy (non-hydrogen) atoms. The standard InChI is InChI=1S/C20H38O3S/c1-3-4-5-6-7-8-9-10-11-12-13-14-15-19(18-21)24-17-16-20(22)23-2/h14-15,19,21H,3-13,16-18H2,1-2H3/b15-14-. The third-order valence-electron chi connectivity index (χ3n) is 4.12. The summed E-state index contributed by atoms with van der Waals surface area (Å²) < 4.78 is 4.61. The summed E-state index contributed by atoms with van der Waals surface area (Å²) in [5.41, 5.74) is 0. The molecule has 1 N–H and O–H groups in total. The van der Waals surface area contributed by atoms with Crippen molar-refractivity contribution >= 4 is 17.7 Å². The molecule has 142 valence electrons. The maximum absolute atomic E-state index is 11.0. The summed E-state index contributed by atoms with van der Waals surface area (Å²) in [4.78, 5) is 11.0. The lowest BCUT2D eigenvalue weighted by Crippen LogP contribution is -2.08. The highest BCUT2D eigenvalue weighted by atomic mass is 32.2. The zero-order chi connectivity index (χ0) is 17.9. The Morgan fingerprint density at radius 2 is 1.62 bits per heavy atom. The topological polar surface area (TPSA) is 46.5 Å². The number of methoxy groups -OCH3 is 1. The highest BCUT2D eigenvalue weighted by molar-refractivity contribution is 8.00. The average molecular weight is 359 g/mol. The first kappa shape index (κ1) is 23.5. The summed E-state index contributed by atoms with van der Waals surface area (Å²) in [5, 5.41) is 9.43. The SMILES string of the molecule is CCCCCCCCCCCC/C=C\C(CO)SCCC(=O)OC. The number of esters is 1. The molecule has 0 aliphatic rings. The molecule has 0 radical (unpaired) electrons. The van der Waals surface area contributed by atoms with Crippen LogP contribution >= 0.6 is 11.8 Å². The fraction of sp³-hybridized carbons (Fsp3) is 0.850. The van der Waals surface area contributed by atoms with Crippen molar-refractivity contribution in [3.8, 4) is 0 Å². The highest BCUT2D eigenvalue weighted by Gasteiger charge is 2.06. The fourth-order valence-corrected chi connectivity index (χ4v) is 3.48. The second-order valence-electron chi connectivity index (χ2n) is 6.32. The highest BCUT2D eigenvalue weighted by Crippen LogP contribution is 2.15. The van der Waals surface area contributed by atoms with Crippen molar-refractivity contribution in [1.29, 1.82) is 0 Å². The van der Waals surface area contributed by atoms with Crippen LogP contribution in [-0.2, 0) is 9.53 Å². The predicted molar refractivity (Wildman–Crippen MR) is 106 cm³/mol. The lowest BCUT2D eigenvalue weighted by molar-refractivity contribution is -0.140. The van der Waals surface area contributed by atoms with Crippen molar-refractivity contribution in [3.05, 3.63) is 12.2 Å². The molecule has 0 spiro atoms. The number of rotatable bonds is 17. The molecule has 1 atom stereocenters. The third kappa shape index (κ3) is 16.4. The predicted octanol–water partition coefficient (Wildman–Crippen LogP) is 5.51. The number of carbonyl (C=O) groups is 1. The lowest BCUT2D eigenvalue weighted by Gasteiger charge is -2.08. The van der Waals surface area contributed by atoms with Crippen molar-refractivity contribution < 1.29 is 14.6 Å². The second kappa shape index (κ2) is 18.9. The quantitative estimate of drug-likeness (QED) is 0.211. The van der Waals surface area contributed by atoms with E-state index in [4.69, 9.17) is 0 Å². The van der Waals surface area contributed by atoms with Gasteiger partial charge in [-0.25, -0.2) is 0 Å². The van der Waals surface area contributed by atoms with Gasteiger partial charge in [0, 0.05) is 11.0 Å². The Morgan fingerprint density at radius 3 is 2.17 bits per heavy atom. The summed E-state index contributed by atoms with van der Waals surface area (Å²) in [5.74, 6) is 0.508. The molecule has 3 nitrogen and oxygen atoms in total.